The van der Waals surface area contributed by atoms with Crippen LogP contribution < -0.4 is 14.8 Å². The Hall–Kier alpha value is -3.30. The minimum Gasteiger partial charge on any atom is -0.479 e. The van der Waals surface area contributed by atoms with E-state index in [1.807, 2.05) is 0 Å². The molecule has 2 aromatic rings. The van der Waals surface area contributed by atoms with E-state index in [2.05, 4.69) is 14.8 Å². The monoisotopic (exact) mass is 387 g/mol. The summed E-state index contributed by atoms with van der Waals surface area (Å²) in [5, 5.41) is 2.32. The third-order valence-corrected chi connectivity index (χ3v) is 2.92. The lowest BCUT2D eigenvalue weighted by atomic mass is 10.3. The first-order valence-electron chi connectivity index (χ1n) is 7.41. The average Bonchev–Trinajstić information content (AvgIpc) is 2.60. The second kappa shape index (κ2) is 8.88. The minimum absolute atomic E-state index is 0.139. The molecule has 6 nitrogen and oxygen atoms in total. The summed E-state index contributed by atoms with van der Waals surface area (Å²) in [4.78, 5) is 23.1. The van der Waals surface area contributed by atoms with Crippen molar-refractivity contribution in [2.75, 3.05) is 18.5 Å². The highest BCUT2D eigenvalue weighted by atomic mass is 19.4. The van der Waals surface area contributed by atoms with Gasteiger partial charge in [0.25, 0.3) is 5.91 Å². The number of anilines is 1. The maximum Gasteiger partial charge on any atom is 0.573 e. The van der Waals surface area contributed by atoms with Gasteiger partial charge in [0.15, 0.2) is 24.8 Å². The van der Waals surface area contributed by atoms with Crippen LogP contribution in [0, 0.1) is 5.82 Å². The lowest BCUT2D eigenvalue weighted by Gasteiger charge is -2.10. The number of para-hydroxylation sites is 1. The fourth-order valence-electron chi connectivity index (χ4n) is 1.82. The maximum absolute atomic E-state index is 13.3. The zero-order valence-corrected chi connectivity index (χ0v) is 13.6. The maximum atomic E-state index is 13.3. The van der Waals surface area contributed by atoms with Gasteiger partial charge in [0, 0.05) is 5.69 Å². The van der Waals surface area contributed by atoms with Crippen molar-refractivity contribution in [3.8, 4) is 11.5 Å². The zero-order chi connectivity index (χ0) is 19.9. The van der Waals surface area contributed by atoms with Crippen molar-refractivity contribution >= 4 is 17.6 Å². The molecule has 0 spiro atoms. The predicted molar refractivity (Wildman–Crippen MR) is 84.6 cm³/mol. The van der Waals surface area contributed by atoms with Gasteiger partial charge < -0.3 is 19.5 Å². The summed E-state index contributed by atoms with van der Waals surface area (Å²) in [6.45, 7) is -1.25. The third-order valence-electron chi connectivity index (χ3n) is 2.92. The van der Waals surface area contributed by atoms with E-state index >= 15 is 0 Å². The molecule has 0 saturated carbocycles. The molecule has 0 aliphatic carbocycles. The summed E-state index contributed by atoms with van der Waals surface area (Å²) in [5.74, 6) is -2.86. The number of alkyl halides is 3. The Morgan fingerprint density at radius 3 is 2.26 bits per heavy atom. The van der Waals surface area contributed by atoms with Crippen LogP contribution in [0.1, 0.15) is 0 Å². The number of benzene rings is 2. The zero-order valence-electron chi connectivity index (χ0n) is 13.6. The van der Waals surface area contributed by atoms with Gasteiger partial charge in [0.05, 0.1) is 0 Å². The predicted octanol–water partition coefficient (Wildman–Crippen LogP) is 3.29. The van der Waals surface area contributed by atoms with Crippen LogP contribution in [0.15, 0.2) is 48.5 Å². The number of esters is 1. The van der Waals surface area contributed by atoms with Crippen molar-refractivity contribution in [3.63, 3.8) is 0 Å². The molecule has 2 rings (SSSR count). The summed E-state index contributed by atoms with van der Waals surface area (Å²) in [6.07, 6.45) is -4.82. The van der Waals surface area contributed by atoms with Crippen LogP contribution >= 0.6 is 0 Å². The van der Waals surface area contributed by atoms with E-state index in [1.54, 1.807) is 0 Å². The van der Waals surface area contributed by atoms with Crippen LogP contribution in [0.5, 0.6) is 11.5 Å². The number of halogens is 4. The Kier molecular flexibility index (Phi) is 6.58. The van der Waals surface area contributed by atoms with Gasteiger partial charge in [-0.3, -0.25) is 4.79 Å². The molecule has 0 fully saturated rings. The standard InChI is InChI=1S/C17H13F4NO5/c18-13-3-1-2-4-14(13)25-10-16(24)26-9-15(23)22-11-5-7-12(8-6-11)27-17(19,20)21/h1-8H,9-10H2,(H,22,23). The Morgan fingerprint density at radius 1 is 0.963 bits per heavy atom. The molecule has 0 heterocycles. The average molecular weight is 387 g/mol. The molecule has 1 N–H and O–H groups in total. The van der Waals surface area contributed by atoms with Crippen LogP contribution in [-0.2, 0) is 14.3 Å². The number of nitrogens with one attached hydrogen (secondary N) is 1. The van der Waals surface area contributed by atoms with Gasteiger partial charge in [0.2, 0.25) is 0 Å². The van der Waals surface area contributed by atoms with Crippen molar-refractivity contribution in [3.05, 3.63) is 54.3 Å². The molecule has 0 aliphatic heterocycles. The summed E-state index contributed by atoms with van der Waals surface area (Å²) in [5.41, 5.74) is 0.174. The Labute approximate surface area is 150 Å². The molecule has 0 atom stereocenters. The highest BCUT2D eigenvalue weighted by molar-refractivity contribution is 5.92. The molecule has 2 aromatic carbocycles. The Bertz CT molecular complexity index is 793. The minimum atomic E-state index is -4.82. The van der Waals surface area contributed by atoms with E-state index in [4.69, 9.17) is 4.74 Å². The number of amides is 1. The second-order valence-electron chi connectivity index (χ2n) is 5.00. The van der Waals surface area contributed by atoms with Crippen LogP contribution in [0.4, 0.5) is 23.2 Å². The van der Waals surface area contributed by atoms with Crippen LogP contribution in [0.2, 0.25) is 0 Å². The number of hydrogen-bond donors (Lipinski definition) is 1. The van der Waals surface area contributed by atoms with Gasteiger partial charge in [-0.15, -0.1) is 13.2 Å². The first-order valence-corrected chi connectivity index (χ1v) is 7.41. The van der Waals surface area contributed by atoms with Crippen molar-refractivity contribution in [2.24, 2.45) is 0 Å². The lowest BCUT2D eigenvalue weighted by Crippen LogP contribution is -2.23. The lowest BCUT2D eigenvalue weighted by molar-refractivity contribution is -0.274. The molecule has 1 amide bonds. The van der Waals surface area contributed by atoms with E-state index < -0.39 is 43.0 Å². The van der Waals surface area contributed by atoms with E-state index in [9.17, 15) is 27.2 Å². The first kappa shape index (κ1) is 20.0. The van der Waals surface area contributed by atoms with Crippen molar-refractivity contribution in [2.45, 2.75) is 6.36 Å². The second-order valence-corrected chi connectivity index (χ2v) is 5.00. The summed E-state index contributed by atoms with van der Waals surface area (Å²) >= 11 is 0. The smallest absolute Gasteiger partial charge is 0.479 e. The third kappa shape index (κ3) is 7.22. The fraction of sp³-hybridized carbons (Fsp3) is 0.176. The van der Waals surface area contributed by atoms with Crippen LogP contribution in [0.25, 0.3) is 0 Å². The quantitative estimate of drug-likeness (QED) is 0.583. The van der Waals surface area contributed by atoms with Gasteiger partial charge in [-0.05, 0) is 36.4 Å². The molecular formula is C17H13F4NO5. The highest BCUT2D eigenvalue weighted by Gasteiger charge is 2.30. The molecule has 0 radical (unpaired) electrons. The molecule has 144 valence electrons. The molecule has 27 heavy (non-hydrogen) atoms. The van der Waals surface area contributed by atoms with E-state index in [0.717, 1.165) is 18.2 Å². The molecule has 0 unspecified atom stereocenters. The number of hydrogen-bond acceptors (Lipinski definition) is 5. The van der Waals surface area contributed by atoms with Crippen molar-refractivity contribution in [1.82, 2.24) is 0 Å². The molecule has 10 heteroatoms. The van der Waals surface area contributed by atoms with E-state index in [0.29, 0.717) is 0 Å². The van der Waals surface area contributed by atoms with Crippen molar-refractivity contribution < 1.29 is 41.4 Å². The molecule has 0 bridgehead atoms. The summed E-state index contributed by atoms with van der Waals surface area (Å²) < 4.78 is 62.7. The largest absolute Gasteiger partial charge is 0.573 e. The molecule has 0 aliphatic rings. The number of ether oxygens (including phenoxy) is 3. The molecule has 0 saturated heterocycles. The Balaban J connectivity index is 1.74. The van der Waals surface area contributed by atoms with Gasteiger partial charge in [-0.1, -0.05) is 12.1 Å². The van der Waals surface area contributed by atoms with E-state index in [1.165, 1.54) is 30.3 Å². The highest BCUT2D eigenvalue weighted by Crippen LogP contribution is 2.23. The summed E-state index contributed by atoms with van der Waals surface area (Å²) in [6, 6.07) is 9.83. The van der Waals surface area contributed by atoms with Gasteiger partial charge in [-0.25, -0.2) is 9.18 Å². The van der Waals surface area contributed by atoms with Crippen molar-refractivity contribution in [1.29, 1.82) is 0 Å². The van der Waals surface area contributed by atoms with Gasteiger partial charge in [0.1, 0.15) is 5.75 Å². The summed E-state index contributed by atoms with van der Waals surface area (Å²) in [7, 11) is 0. The normalized spacial score (nSPS) is 10.8. The first-order chi connectivity index (χ1) is 12.7. The number of carbonyl (C=O) groups excluding carboxylic acids is 2. The van der Waals surface area contributed by atoms with E-state index in [-0.39, 0.29) is 11.4 Å². The SMILES string of the molecule is O=C(COC(=O)COc1ccccc1F)Nc1ccc(OC(F)(F)F)cc1. The van der Waals surface area contributed by atoms with Crippen LogP contribution in [-0.4, -0.2) is 31.5 Å². The van der Waals surface area contributed by atoms with Gasteiger partial charge >= 0.3 is 12.3 Å². The van der Waals surface area contributed by atoms with Crippen LogP contribution in [0.3, 0.4) is 0 Å². The fourth-order valence-corrected chi connectivity index (χ4v) is 1.82. The molecule has 0 aromatic heterocycles. The number of carbonyl (C=O) groups is 2. The molecular weight excluding hydrogens is 374 g/mol. The number of rotatable bonds is 7. The van der Waals surface area contributed by atoms with Gasteiger partial charge in [-0.2, -0.15) is 0 Å². The Morgan fingerprint density at radius 2 is 1.63 bits per heavy atom. The topological polar surface area (TPSA) is 73.9 Å².